The second-order valence-electron chi connectivity index (χ2n) is 8.93. The lowest BCUT2D eigenvalue weighted by Crippen LogP contribution is -2.53. The lowest BCUT2D eigenvalue weighted by atomic mass is 9.46. The fraction of sp³-hybridized carbons (Fsp3) is 0.259. The molecule has 0 aromatic heterocycles. The third-order valence-corrected chi connectivity index (χ3v) is 8.17. The summed E-state index contributed by atoms with van der Waals surface area (Å²) in [5.74, 6) is -1.11. The van der Waals surface area contributed by atoms with Crippen molar-refractivity contribution in [3.05, 3.63) is 99.6 Å². The van der Waals surface area contributed by atoms with Gasteiger partial charge in [-0.3, -0.25) is 9.59 Å². The molecule has 2 atom stereocenters. The Kier molecular flexibility index (Phi) is 3.83. The molecule has 0 saturated carbocycles. The smallest absolute Gasteiger partial charge is 0.238 e. The molecule has 31 heavy (non-hydrogen) atoms. The van der Waals surface area contributed by atoms with E-state index in [2.05, 4.69) is 31.2 Å². The van der Waals surface area contributed by atoms with Gasteiger partial charge in [0.25, 0.3) is 0 Å². The van der Waals surface area contributed by atoms with Gasteiger partial charge in [0.1, 0.15) is 0 Å². The number of rotatable bonds is 2. The van der Waals surface area contributed by atoms with E-state index < -0.39 is 17.3 Å². The fourth-order valence-electron chi connectivity index (χ4n) is 6.50. The van der Waals surface area contributed by atoms with Crippen LogP contribution in [0.15, 0.2) is 66.7 Å². The summed E-state index contributed by atoms with van der Waals surface area (Å²) < 4.78 is 0. The molecular weight excluding hydrogens is 406 g/mol. The molecule has 3 aromatic carbocycles. The normalized spacial score (nSPS) is 27.8. The molecule has 1 fully saturated rings. The first-order valence-electron chi connectivity index (χ1n) is 10.8. The first kappa shape index (κ1) is 18.8. The molecule has 2 unspecified atom stereocenters. The van der Waals surface area contributed by atoms with Crippen LogP contribution >= 0.6 is 11.6 Å². The number of carbonyl (C=O) groups is 2. The number of halogens is 1. The zero-order chi connectivity index (χ0) is 21.5. The Morgan fingerprint density at radius 1 is 0.903 bits per heavy atom. The summed E-state index contributed by atoms with van der Waals surface area (Å²) in [6.45, 7) is 4.05. The van der Waals surface area contributed by atoms with Crippen molar-refractivity contribution in [2.45, 2.75) is 31.6 Å². The molecule has 2 amide bonds. The summed E-state index contributed by atoms with van der Waals surface area (Å²) in [4.78, 5) is 29.3. The summed E-state index contributed by atoms with van der Waals surface area (Å²) in [6, 6.07) is 22.2. The Labute approximate surface area is 186 Å². The van der Waals surface area contributed by atoms with Gasteiger partial charge in [0.2, 0.25) is 11.8 Å². The van der Waals surface area contributed by atoms with Crippen LogP contribution in [0.5, 0.6) is 0 Å². The average Bonchev–Trinajstić information content (AvgIpc) is 3.07. The Morgan fingerprint density at radius 2 is 1.52 bits per heavy atom. The molecule has 4 heteroatoms. The summed E-state index contributed by atoms with van der Waals surface area (Å²) in [5.41, 5.74) is 5.77. The molecular formula is C27H22ClNO2. The zero-order valence-electron chi connectivity index (χ0n) is 17.4. The number of aryl methyl sites for hydroxylation is 1. The number of amides is 2. The lowest BCUT2D eigenvalue weighted by Gasteiger charge is -2.54. The number of hydrogen-bond donors (Lipinski definition) is 0. The lowest BCUT2D eigenvalue weighted by molar-refractivity contribution is -0.123. The van der Waals surface area contributed by atoms with Crippen LogP contribution in [0.3, 0.4) is 0 Å². The number of imide groups is 1. The third kappa shape index (κ3) is 2.15. The van der Waals surface area contributed by atoms with Gasteiger partial charge in [0, 0.05) is 16.4 Å². The number of hydrogen-bond acceptors (Lipinski definition) is 2. The standard InChI is InChI=1S/C27H22ClNO2/c1-3-27-19-10-6-4-8-17(19)22(18-9-5-7-11-20(18)27)23-24(27)26(31)29(25(23)30)16-13-12-15(2)21(28)14-16/h4-14,22-24H,3H2,1-2H3. The van der Waals surface area contributed by atoms with Crippen molar-refractivity contribution >= 4 is 29.1 Å². The molecule has 2 bridgehead atoms. The van der Waals surface area contributed by atoms with Crippen LogP contribution in [-0.4, -0.2) is 11.8 Å². The molecule has 7 rings (SSSR count). The maximum Gasteiger partial charge on any atom is 0.238 e. The highest BCUT2D eigenvalue weighted by molar-refractivity contribution is 6.32. The molecule has 4 aliphatic rings. The Balaban J connectivity index is 1.62. The molecule has 3 aliphatic carbocycles. The van der Waals surface area contributed by atoms with Crippen LogP contribution in [0.4, 0.5) is 5.69 Å². The van der Waals surface area contributed by atoms with Gasteiger partial charge < -0.3 is 0 Å². The molecule has 0 spiro atoms. The second kappa shape index (κ2) is 6.30. The van der Waals surface area contributed by atoms with Crippen LogP contribution in [0.25, 0.3) is 0 Å². The van der Waals surface area contributed by atoms with Crippen molar-refractivity contribution in [2.24, 2.45) is 11.8 Å². The highest BCUT2D eigenvalue weighted by atomic mass is 35.5. The minimum Gasteiger partial charge on any atom is -0.274 e. The van der Waals surface area contributed by atoms with E-state index in [1.54, 1.807) is 6.07 Å². The van der Waals surface area contributed by atoms with Crippen LogP contribution < -0.4 is 4.90 Å². The predicted molar refractivity (Wildman–Crippen MR) is 121 cm³/mol. The van der Waals surface area contributed by atoms with E-state index in [4.69, 9.17) is 11.6 Å². The van der Waals surface area contributed by atoms with Crippen molar-refractivity contribution in [3.63, 3.8) is 0 Å². The van der Waals surface area contributed by atoms with E-state index in [9.17, 15) is 9.59 Å². The van der Waals surface area contributed by atoms with Crippen molar-refractivity contribution < 1.29 is 9.59 Å². The van der Waals surface area contributed by atoms with Gasteiger partial charge in [-0.1, -0.05) is 73.1 Å². The van der Waals surface area contributed by atoms with Gasteiger partial charge in [-0.25, -0.2) is 4.90 Å². The summed E-state index contributed by atoms with van der Waals surface area (Å²) in [5, 5.41) is 0.563. The monoisotopic (exact) mass is 427 g/mol. The van der Waals surface area contributed by atoms with Gasteiger partial charge >= 0.3 is 0 Å². The molecule has 0 N–H and O–H groups in total. The van der Waals surface area contributed by atoms with Crippen molar-refractivity contribution in [1.82, 2.24) is 0 Å². The SMILES string of the molecule is CCC12c3ccccc3C(c3ccccc31)C1C(=O)N(c3ccc(C)c(Cl)c3)C(=O)C12. The highest BCUT2D eigenvalue weighted by Crippen LogP contribution is 2.65. The van der Waals surface area contributed by atoms with Crippen molar-refractivity contribution in [1.29, 1.82) is 0 Å². The van der Waals surface area contributed by atoms with Gasteiger partial charge in [-0.15, -0.1) is 0 Å². The number of carbonyl (C=O) groups excluding carboxylic acids is 2. The van der Waals surface area contributed by atoms with E-state index in [1.807, 2.05) is 43.3 Å². The van der Waals surface area contributed by atoms with Crippen LogP contribution in [0.2, 0.25) is 5.02 Å². The fourth-order valence-corrected chi connectivity index (χ4v) is 6.68. The molecule has 3 aromatic rings. The van der Waals surface area contributed by atoms with Gasteiger partial charge in [-0.05, 0) is 53.3 Å². The zero-order valence-corrected chi connectivity index (χ0v) is 18.2. The van der Waals surface area contributed by atoms with E-state index in [1.165, 1.54) is 27.2 Å². The average molecular weight is 428 g/mol. The Hall–Kier alpha value is -2.91. The number of nitrogens with zero attached hydrogens (tertiary/aromatic N) is 1. The van der Waals surface area contributed by atoms with Gasteiger partial charge in [0.15, 0.2) is 0 Å². The summed E-state index contributed by atoms with van der Waals surface area (Å²) >= 11 is 6.36. The maximum absolute atomic E-state index is 14.0. The Bertz CT molecular complexity index is 1230. The Morgan fingerprint density at radius 3 is 2.10 bits per heavy atom. The molecule has 1 aliphatic heterocycles. The topological polar surface area (TPSA) is 37.4 Å². The van der Waals surface area contributed by atoms with E-state index in [0.29, 0.717) is 10.7 Å². The number of anilines is 1. The predicted octanol–water partition coefficient (Wildman–Crippen LogP) is 5.61. The minimum absolute atomic E-state index is 0.104. The van der Waals surface area contributed by atoms with Crippen LogP contribution in [0, 0.1) is 18.8 Å². The van der Waals surface area contributed by atoms with Crippen LogP contribution in [0.1, 0.15) is 47.1 Å². The summed E-state index contributed by atoms with van der Waals surface area (Å²) in [6.07, 6.45) is 0.760. The second-order valence-corrected chi connectivity index (χ2v) is 9.33. The third-order valence-electron chi connectivity index (χ3n) is 7.77. The van der Waals surface area contributed by atoms with E-state index in [0.717, 1.165) is 12.0 Å². The molecule has 154 valence electrons. The van der Waals surface area contributed by atoms with Gasteiger partial charge in [0.05, 0.1) is 17.5 Å². The maximum atomic E-state index is 14.0. The van der Waals surface area contributed by atoms with E-state index >= 15 is 0 Å². The molecule has 0 radical (unpaired) electrons. The first-order valence-corrected chi connectivity index (χ1v) is 11.2. The molecule has 3 nitrogen and oxygen atoms in total. The van der Waals surface area contributed by atoms with Crippen LogP contribution in [-0.2, 0) is 15.0 Å². The molecule has 1 heterocycles. The van der Waals surface area contributed by atoms with Crippen molar-refractivity contribution in [3.8, 4) is 0 Å². The molecule has 1 saturated heterocycles. The van der Waals surface area contributed by atoms with Crippen molar-refractivity contribution in [2.75, 3.05) is 4.90 Å². The first-order chi connectivity index (χ1) is 15.0. The van der Waals surface area contributed by atoms with Gasteiger partial charge in [-0.2, -0.15) is 0 Å². The largest absolute Gasteiger partial charge is 0.274 e. The highest BCUT2D eigenvalue weighted by Gasteiger charge is 2.67. The van der Waals surface area contributed by atoms with E-state index in [-0.39, 0.29) is 17.7 Å². The summed E-state index contributed by atoms with van der Waals surface area (Å²) in [7, 11) is 0. The minimum atomic E-state index is -0.497. The number of benzene rings is 3. The quantitative estimate of drug-likeness (QED) is 0.498.